The van der Waals surface area contributed by atoms with Crippen molar-refractivity contribution in [3.05, 3.63) is 29.8 Å². The molecule has 19 heavy (non-hydrogen) atoms. The zero-order valence-electron chi connectivity index (χ0n) is 12.1. The molecule has 106 valence electrons. The third-order valence-corrected chi connectivity index (χ3v) is 3.62. The van der Waals surface area contributed by atoms with Crippen molar-refractivity contribution in [2.75, 3.05) is 18.1 Å². The van der Waals surface area contributed by atoms with E-state index in [-0.39, 0.29) is 6.61 Å². The van der Waals surface area contributed by atoms with Crippen LogP contribution in [-0.2, 0) is 6.54 Å². The highest BCUT2D eigenvalue weighted by Gasteiger charge is 2.19. The van der Waals surface area contributed by atoms with Crippen LogP contribution in [0.5, 0.6) is 0 Å². The molecule has 3 nitrogen and oxygen atoms in total. The highest BCUT2D eigenvalue weighted by molar-refractivity contribution is 5.48. The highest BCUT2D eigenvalue weighted by atomic mass is 16.3. The van der Waals surface area contributed by atoms with Crippen LogP contribution in [-0.4, -0.2) is 30.3 Å². The number of hydrogen-bond donors (Lipinski definition) is 2. The van der Waals surface area contributed by atoms with Crippen molar-refractivity contribution in [2.24, 2.45) is 0 Å². The van der Waals surface area contributed by atoms with Crippen LogP contribution in [0.2, 0.25) is 0 Å². The maximum absolute atomic E-state index is 8.98. The number of aliphatic hydroxyl groups is 1. The summed E-state index contributed by atoms with van der Waals surface area (Å²) >= 11 is 0. The van der Waals surface area contributed by atoms with E-state index in [4.69, 9.17) is 5.11 Å². The first-order chi connectivity index (χ1) is 9.20. The average molecular weight is 262 g/mol. The Balaban J connectivity index is 1.93. The summed E-state index contributed by atoms with van der Waals surface area (Å²) in [6, 6.07) is 10.0. The Bertz CT molecular complexity index is 371. The van der Waals surface area contributed by atoms with Gasteiger partial charge >= 0.3 is 0 Å². The average Bonchev–Trinajstić information content (AvgIpc) is 3.22. The number of nitrogens with one attached hydrogen (secondary N) is 1. The van der Waals surface area contributed by atoms with Crippen molar-refractivity contribution >= 4 is 5.69 Å². The van der Waals surface area contributed by atoms with Crippen LogP contribution in [0.15, 0.2) is 24.3 Å². The number of nitrogens with zero attached hydrogens (tertiary/aromatic N) is 1. The summed E-state index contributed by atoms with van der Waals surface area (Å²) in [5.74, 6) is 0. The van der Waals surface area contributed by atoms with E-state index in [2.05, 4.69) is 48.3 Å². The predicted octanol–water partition coefficient (Wildman–Crippen LogP) is 2.54. The van der Waals surface area contributed by atoms with Crippen molar-refractivity contribution in [1.82, 2.24) is 5.32 Å². The van der Waals surface area contributed by atoms with Crippen molar-refractivity contribution in [2.45, 2.75) is 51.7 Å². The van der Waals surface area contributed by atoms with Gasteiger partial charge in [0.15, 0.2) is 0 Å². The van der Waals surface area contributed by atoms with Crippen LogP contribution >= 0.6 is 0 Å². The highest BCUT2D eigenvalue weighted by Crippen LogP contribution is 2.21. The van der Waals surface area contributed by atoms with Gasteiger partial charge in [0.05, 0.1) is 0 Å². The molecule has 0 heterocycles. The fourth-order valence-electron chi connectivity index (χ4n) is 2.28. The van der Waals surface area contributed by atoms with Gasteiger partial charge < -0.3 is 15.3 Å². The monoisotopic (exact) mass is 262 g/mol. The van der Waals surface area contributed by atoms with Gasteiger partial charge in [-0.1, -0.05) is 12.1 Å². The van der Waals surface area contributed by atoms with E-state index in [9.17, 15) is 0 Å². The van der Waals surface area contributed by atoms with E-state index < -0.39 is 0 Å². The van der Waals surface area contributed by atoms with Crippen LogP contribution in [0.1, 0.15) is 38.7 Å². The predicted molar refractivity (Wildman–Crippen MR) is 80.5 cm³/mol. The lowest BCUT2D eigenvalue weighted by Gasteiger charge is -2.29. The first-order valence-corrected chi connectivity index (χ1v) is 7.40. The Morgan fingerprint density at radius 3 is 2.47 bits per heavy atom. The van der Waals surface area contributed by atoms with E-state index in [1.807, 2.05) is 0 Å². The Morgan fingerprint density at radius 1 is 1.26 bits per heavy atom. The lowest BCUT2D eigenvalue weighted by atomic mass is 10.1. The third kappa shape index (κ3) is 4.51. The smallest absolute Gasteiger partial charge is 0.0447 e. The number of rotatable bonds is 8. The van der Waals surface area contributed by atoms with Gasteiger partial charge in [0.2, 0.25) is 0 Å². The molecule has 1 fully saturated rings. The van der Waals surface area contributed by atoms with Crippen LogP contribution in [0.25, 0.3) is 0 Å². The first kappa shape index (κ1) is 14.4. The molecular weight excluding hydrogens is 236 g/mol. The fourth-order valence-corrected chi connectivity index (χ4v) is 2.28. The molecule has 0 saturated heterocycles. The summed E-state index contributed by atoms with van der Waals surface area (Å²) in [6.45, 7) is 6.53. The van der Waals surface area contributed by atoms with Gasteiger partial charge in [-0.05, 0) is 50.8 Å². The molecule has 0 spiro atoms. The third-order valence-electron chi connectivity index (χ3n) is 3.62. The minimum Gasteiger partial charge on any atom is -0.396 e. The maximum Gasteiger partial charge on any atom is 0.0447 e. The van der Waals surface area contributed by atoms with Crippen molar-refractivity contribution in [3.8, 4) is 0 Å². The van der Waals surface area contributed by atoms with Gasteiger partial charge in [0, 0.05) is 37.5 Å². The van der Waals surface area contributed by atoms with Crippen molar-refractivity contribution in [3.63, 3.8) is 0 Å². The normalized spacial score (nSPS) is 14.9. The molecule has 1 aliphatic rings. The minimum absolute atomic E-state index is 0.257. The Labute approximate surface area is 116 Å². The van der Waals surface area contributed by atoms with Gasteiger partial charge in [0.25, 0.3) is 0 Å². The largest absolute Gasteiger partial charge is 0.396 e. The topological polar surface area (TPSA) is 35.5 Å². The SMILES string of the molecule is CC(C)N(CCCO)c1ccc(CNC2CC2)cc1. The second-order valence-corrected chi connectivity index (χ2v) is 5.69. The van der Waals surface area contributed by atoms with E-state index in [1.54, 1.807) is 0 Å². The van der Waals surface area contributed by atoms with Crippen molar-refractivity contribution in [1.29, 1.82) is 0 Å². The molecule has 1 aromatic rings. The maximum atomic E-state index is 8.98. The van der Waals surface area contributed by atoms with E-state index in [1.165, 1.54) is 24.1 Å². The molecule has 0 bridgehead atoms. The minimum atomic E-state index is 0.257. The molecule has 0 aliphatic heterocycles. The lowest BCUT2D eigenvalue weighted by Crippen LogP contribution is -2.32. The number of anilines is 1. The zero-order chi connectivity index (χ0) is 13.7. The van der Waals surface area contributed by atoms with Crippen LogP contribution in [0.3, 0.4) is 0 Å². The molecule has 1 aliphatic carbocycles. The van der Waals surface area contributed by atoms with E-state index in [0.717, 1.165) is 25.6 Å². The van der Waals surface area contributed by atoms with Crippen LogP contribution in [0, 0.1) is 0 Å². The Hall–Kier alpha value is -1.06. The molecule has 0 amide bonds. The van der Waals surface area contributed by atoms with Gasteiger partial charge in [-0.2, -0.15) is 0 Å². The Morgan fingerprint density at radius 2 is 1.95 bits per heavy atom. The zero-order valence-corrected chi connectivity index (χ0v) is 12.1. The molecule has 0 unspecified atom stereocenters. The fraction of sp³-hybridized carbons (Fsp3) is 0.625. The van der Waals surface area contributed by atoms with Crippen LogP contribution < -0.4 is 10.2 Å². The first-order valence-electron chi connectivity index (χ1n) is 7.40. The number of benzene rings is 1. The van der Waals surface area contributed by atoms with Crippen LogP contribution in [0.4, 0.5) is 5.69 Å². The second kappa shape index (κ2) is 6.92. The number of hydrogen-bond acceptors (Lipinski definition) is 3. The molecule has 1 aromatic carbocycles. The quantitative estimate of drug-likeness (QED) is 0.756. The molecule has 0 radical (unpaired) electrons. The van der Waals surface area contributed by atoms with Gasteiger partial charge in [-0.15, -0.1) is 0 Å². The number of aliphatic hydroxyl groups excluding tert-OH is 1. The molecule has 2 N–H and O–H groups in total. The van der Waals surface area contributed by atoms with E-state index in [0.29, 0.717) is 6.04 Å². The molecule has 1 saturated carbocycles. The van der Waals surface area contributed by atoms with Gasteiger partial charge in [-0.3, -0.25) is 0 Å². The molecule has 3 heteroatoms. The Kier molecular flexibility index (Phi) is 5.23. The molecule has 2 rings (SSSR count). The van der Waals surface area contributed by atoms with Gasteiger partial charge in [-0.25, -0.2) is 0 Å². The molecular formula is C16H26N2O. The summed E-state index contributed by atoms with van der Waals surface area (Å²) in [5.41, 5.74) is 2.60. The van der Waals surface area contributed by atoms with Gasteiger partial charge in [0.1, 0.15) is 0 Å². The second-order valence-electron chi connectivity index (χ2n) is 5.69. The summed E-state index contributed by atoms with van der Waals surface area (Å²) in [5, 5.41) is 12.5. The summed E-state index contributed by atoms with van der Waals surface area (Å²) in [7, 11) is 0. The van der Waals surface area contributed by atoms with E-state index >= 15 is 0 Å². The van der Waals surface area contributed by atoms with Crippen molar-refractivity contribution < 1.29 is 5.11 Å². The molecule has 0 atom stereocenters. The summed E-state index contributed by atoms with van der Waals surface area (Å²) < 4.78 is 0. The lowest BCUT2D eigenvalue weighted by molar-refractivity contribution is 0.288. The summed E-state index contributed by atoms with van der Waals surface area (Å²) in [4.78, 5) is 2.34. The standard InChI is InChI=1S/C16H26N2O/c1-13(2)18(10-3-11-19)16-8-4-14(5-9-16)12-17-15-6-7-15/h4-5,8-9,13,15,17,19H,3,6-7,10-12H2,1-2H3. The summed E-state index contributed by atoms with van der Waals surface area (Å²) in [6.07, 6.45) is 3.49. The molecule has 0 aromatic heterocycles.